The van der Waals surface area contributed by atoms with Gasteiger partial charge in [-0.3, -0.25) is 4.79 Å². The fraction of sp³-hybridized carbons (Fsp3) is 0.875. The fourth-order valence-electron chi connectivity index (χ4n) is 1.54. The molecule has 0 spiro atoms. The Bertz CT molecular complexity index is 211. The number of hydrogen-bond donors (Lipinski definition) is 0. The SMILES string of the molecule is O=C(CBr)N1CCC(C(F)(F)F)CC1. The van der Waals surface area contributed by atoms with E-state index in [-0.39, 0.29) is 37.2 Å². The number of carbonyl (C=O) groups excluding carboxylic acids is 1. The number of piperidine rings is 1. The highest BCUT2D eigenvalue weighted by Gasteiger charge is 2.41. The van der Waals surface area contributed by atoms with Crippen molar-refractivity contribution in [1.29, 1.82) is 0 Å². The van der Waals surface area contributed by atoms with Crippen molar-refractivity contribution in [2.24, 2.45) is 5.92 Å². The Morgan fingerprint density at radius 2 is 1.86 bits per heavy atom. The summed E-state index contributed by atoms with van der Waals surface area (Å²) in [7, 11) is 0. The van der Waals surface area contributed by atoms with Crippen molar-refractivity contribution in [2.45, 2.75) is 19.0 Å². The van der Waals surface area contributed by atoms with Gasteiger partial charge in [0, 0.05) is 13.1 Å². The number of hydrogen-bond acceptors (Lipinski definition) is 1. The van der Waals surface area contributed by atoms with Crippen LogP contribution < -0.4 is 0 Å². The van der Waals surface area contributed by atoms with E-state index in [0.717, 1.165) is 0 Å². The molecular formula is C8H11BrF3NO. The summed E-state index contributed by atoms with van der Waals surface area (Å²) in [5.41, 5.74) is 0. The first-order chi connectivity index (χ1) is 6.45. The van der Waals surface area contributed by atoms with Crippen LogP contribution in [0.1, 0.15) is 12.8 Å². The van der Waals surface area contributed by atoms with Crippen LogP contribution in [0.15, 0.2) is 0 Å². The zero-order chi connectivity index (χ0) is 10.8. The molecule has 1 aliphatic heterocycles. The molecule has 0 aromatic heterocycles. The molecule has 1 heterocycles. The molecule has 1 fully saturated rings. The molecule has 0 aromatic carbocycles. The van der Waals surface area contributed by atoms with Crippen LogP contribution in [0.3, 0.4) is 0 Å². The van der Waals surface area contributed by atoms with Gasteiger partial charge in [0.1, 0.15) is 0 Å². The van der Waals surface area contributed by atoms with Gasteiger partial charge in [0.25, 0.3) is 0 Å². The van der Waals surface area contributed by atoms with Gasteiger partial charge in [0.15, 0.2) is 0 Å². The molecule has 2 nitrogen and oxygen atoms in total. The molecule has 0 radical (unpaired) electrons. The highest BCUT2D eigenvalue weighted by atomic mass is 79.9. The van der Waals surface area contributed by atoms with Gasteiger partial charge in [-0.1, -0.05) is 15.9 Å². The predicted octanol–water partition coefficient (Wildman–Crippen LogP) is 2.18. The van der Waals surface area contributed by atoms with Crippen molar-refractivity contribution in [1.82, 2.24) is 4.90 Å². The Hall–Kier alpha value is -0.260. The molecule has 14 heavy (non-hydrogen) atoms. The molecule has 1 aliphatic rings. The summed E-state index contributed by atoms with van der Waals surface area (Å²) in [6.07, 6.45) is -4.05. The van der Waals surface area contributed by atoms with Crippen molar-refractivity contribution >= 4 is 21.8 Å². The summed E-state index contributed by atoms with van der Waals surface area (Å²) in [4.78, 5) is 12.6. The van der Waals surface area contributed by atoms with Crippen molar-refractivity contribution in [3.8, 4) is 0 Å². The molecule has 1 saturated heterocycles. The molecule has 0 N–H and O–H groups in total. The number of likely N-dealkylation sites (tertiary alicyclic amines) is 1. The van der Waals surface area contributed by atoms with E-state index < -0.39 is 12.1 Å². The van der Waals surface area contributed by atoms with Gasteiger partial charge in [-0.05, 0) is 12.8 Å². The third-order valence-corrected chi connectivity index (χ3v) is 2.90. The van der Waals surface area contributed by atoms with E-state index in [1.54, 1.807) is 0 Å². The first-order valence-corrected chi connectivity index (χ1v) is 5.47. The summed E-state index contributed by atoms with van der Waals surface area (Å²) in [5, 5.41) is 0.184. The van der Waals surface area contributed by atoms with E-state index in [0.29, 0.717) is 0 Å². The topological polar surface area (TPSA) is 20.3 Å². The molecule has 82 valence electrons. The quantitative estimate of drug-likeness (QED) is 0.671. The van der Waals surface area contributed by atoms with Gasteiger partial charge in [-0.15, -0.1) is 0 Å². The lowest BCUT2D eigenvalue weighted by Gasteiger charge is -2.32. The largest absolute Gasteiger partial charge is 0.391 e. The number of amides is 1. The monoisotopic (exact) mass is 273 g/mol. The molecule has 1 rings (SSSR count). The van der Waals surface area contributed by atoms with E-state index in [1.807, 2.05) is 0 Å². The number of nitrogens with zero attached hydrogens (tertiary/aromatic N) is 1. The van der Waals surface area contributed by atoms with Crippen LogP contribution in [-0.2, 0) is 4.79 Å². The third-order valence-electron chi connectivity index (χ3n) is 2.42. The molecule has 0 unspecified atom stereocenters. The highest BCUT2D eigenvalue weighted by Crippen LogP contribution is 2.34. The van der Waals surface area contributed by atoms with Gasteiger partial charge >= 0.3 is 6.18 Å². The van der Waals surface area contributed by atoms with E-state index >= 15 is 0 Å². The predicted molar refractivity (Wildman–Crippen MR) is 49.2 cm³/mol. The van der Waals surface area contributed by atoms with Crippen LogP contribution in [0.25, 0.3) is 0 Å². The number of alkyl halides is 4. The average molecular weight is 274 g/mol. The van der Waals surface area contributed by atoms with Crippen LogP contribution in [0.5, 0.6) is 0 Å². The van der Waals surface area contributed by atoms with Crippen molar-refractivity contribution in [2.75, 3.05) is 18.4 Å². The maximum absolute atomic E-state index is 12.2. The van der Waals surface area contributed by atoms with Crippen molar-refractivity contribution in [3.63, 3.8) is 0 Å². The summed E-state index contributed by atoms with van der Waals surface area (Å²) < 4.78 is 36.7. The summed E-state index contributed by atoms with van der Waals surface area (Å²) in [6, 6.07) is 0. The molecule has 0 aromatic rings. The minimum atomic E-state index is -4.11. The standard InChI is InChI=1S/C8H11BrF3NO/c9-5-7(14)13-3-1-6(2-4-13)8(10,11)12/h6H,1-5H2. The van der Waals surface area contributed by atoms with Gasteiger partial charge in [0.05, 0.1) is 11.2 Å². The summed E-state index contributed by atoms with van der Waals surface area (Å²) in [6.45, 7) is 0.434. The maximum atomic E-state index is 12.2. The first-order valence-electron chi connectivity index (χ1n) is 4.35. The van der Waals surface area contributed by atoms with Crippen LogP contribution in [-0.4, -0.2) is 35.4 Å². The lowest BCUT2D eigenvalue weighted by atomic mass is 9.96. The number of rotatable bonds is 1. The number of halogens is 4. The Labute approximate surface area is 88.6 Å². The molecule has 0 atom stereocenters. The lowest BCUT2D eigenvalue weighted by Crippen LogP contribution is -2.42. The minimum absolute atomic E-state index is 0.0300. The molecule has 0 saturated carbocycles. The van der Waals surface area contributed by atoms with Crippen LogP contribution >= 0.6 is 15.9 Å². The second-order valence-corrected chi connectivity index (χ2v) is 3.89. The summed E-state index contributed by atoms with van der Waals surface area (Å²) >= 11 is 2.99. The molecule has 0 aliphatic carbocycles. The Balaban J connectivity index is 2.43. The second kappa shape index (κ2) is 4.51. The van der Waals surface area contributed by atoms with E-state index in [4.69, 9.17) is 0 Å². The van der Waals surface area contributed by atoms with Gasteiger partial charge in [-0.2, -0.15) is 13.2 Å². The molecule has 6 heteroatoms. The normalized spacial score (nSPS) is 19.9. The van der Waals surface area contributed by atoms with Gasteiger partial charge in [-0.25, -0.2) is 0 Å². The summed E-state index contributed by atoms with van der Waals surface area (Å²) in [5.74, 6) is -1.37. The van der Waals surface area contributed by atoms with E-state index in [1.165, 1.54) is 4.90 Å². The van der Waals surface area contributed by atoms with Crippen LogP contribution in [0.2, 0.25) is 0 Å². The van der Waals surface area contributed by atoms with Crippen molar-refractivity contribution < 1.29 is 18.0 Å². The van der Waals surface area contributed by atoms with E-state index in [2.05, 4.69) is 15.9 Å². The Kier molecular flexibility index (Phi) is 3.80. The average Bonchev–Trinajstić information content (AvgIpc) is 2.15. The third kappa shape index (κ3) is 2.87. The molecule has 0 bridgehead atoms. The highest BCUT2D eigenvalue weighted by molar-refractivity contribution is 9.09. The van der Waals surface area contributed by atoms with Gasteiger partial charge < -0.3 is 4.90 Å². The molecular weight excluding hydrogens is 263 g/mol. The van der Waals surface area contributed by atoms with Gasteiger partial charge in [0.2, 0.25) is 5.91 Å². The first kappa shape index (κ1) is 11.8. The zero-order valence-electron chi connectivity index (χ0n) is 7.48. The lowest BCUT2D eigenvalue weighted by molar-refractivity contribution is -0.186. The molecule has 1 amide bonds. The Morgan fingerprint density at radius 3 is 2.21 bits per heavy atom. The smallest absolute Gasteiger partial charge is 0.342 e. The maximum Gasteiger partial charge on any atom is 0.391 e. The van der Waals surface area contributed by atoms with Crippen LogP contribution in [0, 0.1) is 5.92 Å². The van der Waals surface area contributed by atoms with E-state index in [9.17, 15) is 18.0 Å². The second-order valence-electron chi connectivity index (χ2n) is 3.33. The Morgan fingerprint density at radius 1 is 1.36 bits per heavy atom. The van der Waals surface area contributed by atoms with Crippen molar-refractivity contribution in [3.05, 3.63) is 0 Å². The zero-order valence-corrected chi connectivity index (χ0v) is 9.07. The number of carbonyl (C=O) groups is 1. The fourth-order valence-corrected chi connectivity index (χ4v) is 1.90. The minimum Gasteiger partial charge on any atom is -0.342 e. The van der Waals surface area contributed by atoms with Crippen LogP contribution in [0.4, 0.5) is 13.2 Å².